The second-order valence-electron chi connectivity index (χ2n) is 4.49. The van der Waals surface area contributed by atoms with Crippen molar-refractivity contribution in [3.05, 3.63) is 23.6 Å². The molecule has 102 valence electrons. The molecule has 0 radical (unpaired) electrons. The van der Waals surface area contributed by atoms with Gasteiger partial charge in [0.2, 0.25) is 0 Å². The van der Waals surface area contributed by atoms with Crippen LogP contribution in [0.1, 0.15) is 46.0 Å². The van der Waals surface area contributed by atoms with Gasteiger partial charge in [0.25, 0.3) is 5.95 Å². The lowest BCUT2D eigenvalue weighted by molar-refractivity contribution is 0.465. The van der Waals surface area contributed by atoms with Crippen molar-refractivity contribution in [1.82, 2.24) is 4.98 Å². The topological polar surface area (TPSA) is 24.9 Å². The smallest absolute Gasteiger partial charge is 0.251 e. The summed E-state index contributed by atoms with van der Waals surface area (Å²) in [4.78, 5) is 3.23. The predicted octanol–water partition coefficient (Wildman–Crippen LogP) is 4.27. The van der Waals surface area contributed by atoms with E-state index < -0.39 is 17.6 Å². The summed E-state index contributed by atoms with van der Waals surface area (Å²) in [6, 6.07) is 0.489. The van der Waals surface area contributed by atoms with E-state index >= 15 is 0 Å². The van der Waals surface area contributed by atoms with Crippen molar-refractivity contribution < 1.29 is 13.2 Å². The van der Waals surface area contributed by atoms with E-state index in [0.717, 1.165) is 25.7 Å². The Hall–Kier alpha value is -1.26. The molecule has 0 aliphatic carbocycles. The summed E-state index contributed by atoms with van der Waals surface area (Å²) in [5, 5.41) is 2.76. The molecule has 0 spiro atoms. The summed E-state index contributed by atoms with van der Waals surface area (Å²) >= 11 is 0. The van der Waals surface area contributed by atoms with Crippen LogP contribution in [0, 0.1) is 17.6 Å². The summed E-state index contributed by atoms with van der Waals surface area (Å²) < 4.78 is 38.9. The number of aromatic nitrogens is 1. The van der Waals surface area contributed by atoms with Crippen LogP contribution in [0.15, 0.2) is 6.07 Å². The maximum absolute atomic E-state index is 13.3. The van der Waals surface area contributed by atoms with Crippen LogP contribution in [-0.4, -0.2) is 11.0 Å². The van der Waals surface area contributed by atoms with Gasteiger partial charge in [-0.25, -0.2) is 8.78 Å². The van der Waals surface area contributed by atoms with Gasteiger partial charge in [-0.05, 0) is 13.3 Å². The highest BCUT2D eigenvalue weighted by Crippen LogP contribution is 2.16. The van der Waals surface area contributed by atoms with Crippen molar-refractivity contribution in [1.29, 1.82) is 0 Å². The Balaban J connectivity index is 2.48. The van der Waals surface area contributed by atoms with Crippen LogP contribution in [0.4, 0.5) is 19.0 Å². The number of unbranched alkanes of at least 4 members (excludes halogenated alkanes) is 3. The molecule has 1 heterocycles. The monoisotopic (exact) mass is 260 g/mol. The van der Waals surface area contributed by atoms with Crippen LogP contribution < -0.4 is 5.32 Å². The largest absolute Gasteiger partial charge is 0.365 e. The molecule has 1 rings (SSSR count). The maximum Gasteiger partial charge on any atom is 0.251 e. The maximum atomic E-state index is 13.3. The number of halogens is 3. The summed E-state index contributed by atoms with van der Waals surface area (Å²) in [6.07, 6.45) is 5.31. The number of nitrogens with one attached hydrogen (secondary N) is 1. The molecule has 1 aromatic heterocycles. The van der Waals surface area contributed by atoms with E-state index in [1.165, 1.54) is 6.42 Å². The molecular formula is C13H19F3N2. The molecule has 0 saturated carbocycles. The van der Waals surface area contributed by atoms with Crippen LogP contribution in [0.25, 0.3) is 0 Å². The zero-order valence-corrected chi connectivity index (χ0v) is 10.8. The highest BCUT2D eigenvalue weighted by Gasteiger charge is 2.13. The van der Waals surface area contributed by atoms with Gasteiger partial charge in [-0.1, -0.05) is 32.6 Å². The number of pyridine rings is 1. The molecule has 5 heteroatoms. The van der Waals surface area contributed by atoms with E-state index in [2.05, 4.69) is 17.2 Å². The fourth-order valence-electron chi connectivity index (χ4n) is 1.73. The molecule has 0 saturated heterocycles. The quantitative estimate of drug-likeness (QED) is 0.585. The average molecular weight is 260 g/mol. The standard InChI is InChI=1S/C13H19F3N2/c1-3-4-5-6-7-9(2)17-13-11(15)8-10(14)12(16)18-13/h8-9H,3-7H2,1-2H3,(H,17,18). The molecule has 1 unspecified atom stereocenters. The number of nitrogens with zero attached hydrogens (tertiary/aromatic N) is 1. The van der Waals surface area contributed by atoms with E-state index in [0.29, 0.717) is 6.07 Å². The van der Waals surface area contributed by atoms with Gasteiger partial charge in [0, 0.05) is 12.1 Å². The number of anilines is 1. The van der Waals surface area contributed by atoms with E-state index in [1.807, 2.05) is 6.92 Å². The van der Waals surface area contributed by atoms with E-state index in [9.17, 15) is 13.2 Å². The number of rotatable bonds is 7. The molecule has 0 amide bonds. The number of hydrogen-bond donors (Lipinski definition) is 1. The normalized spacial score (nSPS) is 12.5. The zero-order valence-electron chi connectivity index (χ0n) is 10.8. The third-order valence-electron chi connectivity index (χ3n) is 2.76. The minimum atomic E-state index is -1.28. The van der Waals surface area contributed by atoms with Gasteiger partial charge in [0.1, 0.15) is 0 Å². The molecule has 0 aliphatic rings. The second-order valence-corrected chi connectivity index (χ2v) is 4.49. The van der Waals surface area contributed by atoms with Gasteiger partial charge < -0.3 is 5.32 Å². The van der Waals surface area contributed by atoms with E-state index in [-0.39, 0.29) is 11.9 Å². The first kappa shape index (κ1) is 14.8. The molecule has 0 aliphatic heterocycles. The average Bonchev–Trinajstić information content (AvgIpc) is 2.32. The minimum Gasteiger partial charge on any atom is -0.365 e. The SMILES string of the molecule is CCCCCCC(C)Nc1nc(F)c(F)cc1F. The van der Waals surface area contributed by atoms with Crippen molar-refractivity contribution in [3.8, 4) is 0 Å². The highest BCUT2D eigenvalue weighted by molar-refractivity contribution is 5.37. The summed E-state index contributed by atoms with van der Waals surface area (Å²) in [5.74, 6) is -3.64. The van der Waals surface area contributed by atoms with Gasteiger partial charge in [-0.15, -0.1) is 0 Å². The molecule has 0 fully saturated rings. The number of hydrogen-bond acceptors (Lipinski definition) is 2. The van der Waals surface area contributed by atoms with E-state index in [4.69, 9.17) is 0 Å². The van der Waals surface area contributed by atoms with Gasteiger partial charge >= 0.3 is 0 Å². The first-order valence-corrected chi connectivity index (χ1v) is 6.32. The lowest BCUT2D eigenvalue weighted by Crippen LogP contribution is -2.17. The van der Waals surface area contributed by atoms with Gasteiger partial charge in [-0.2, -0.15) is 9.37 Å². The zero-order chi connectivity index (χ0) is 13.5. The Kier molecular flexibility index (Phi) is 5.95. The summed E-state index contributed by atoms with van der Waals surface area (Å²) in [5.41, 5.74) is 0. The minimum absolute atomic E-state index is 0.0197. The Morgan fingerprint density at radius 1 is 1.17 bits per heavy atom. The predicted molar refractivity (Wildman–Crippen MR) is 66.0 cm³/mol. The molecule has 18 heavy (non-hydrogen) atoms. The van der Waals surface area contributed by atoms with Gasteiger partial charge in [-0.3, -0.25) is 0 Å². The molecule has 0 aromatic carbocycles. The van der Waals surface area contributed by atoms with Crippen molar-refractivity contribution in [2.24, 2.45) is 0 Å². The Labute approximate surface area is 106 Å². The molecule has 0 bridgehead atoms. The second kappa shape index (κ2) is 7.24. The van der Waals surface area contributed by atoms with Crippen LogP contribution in [0.2, 0.25) is 0 Å². The molecule has 2 nitrogen and oxygen atoms in total. The highest BCUT2D eigenvalue weighted by atomic mass is 19.2. The Morgan fingerprint density at radius 3 is 2.56 bits per heavy atom. The van der Waals surface area contributed by atoms with Crippen molar-refractivity contribution in [2.75, 3.05) is 5.32 Å². The first-order chi connectivity index (χ1) is 8.54. The molecule has 1 N–H and O–H groups in total. The van der Waals surface area contributed by atoms with E-state index in [1.54, 1.807) is 0 Å². The van der Waals surface area contributed by atoms with Crippen LogP contribution in [0.3, 0.4) is 0 Å². The van der Waals surface area contributed by atoms with Crippen LogP contribution >= 0.6 is 0 Å². The molecular weight excluding hydrogens is 241 g/mol. The third kappa shape index (κ3) is 4.55. The summed E-state index contributed by atoms with van der Waals surface area (Å²) in [7, 11) is 0. The Morgan fingerprint density at radius 2 is 1.89 bits per heavy atom. The lowest BCUT2D eigenvalue weighted by atomic mass is 10.1. The van der Waals surface area contributed by atoms with Crippen molar-refractivity contribution >= 4 is 5.82 Å². The van der Waals surface area contributed by atoms with Gasteiger partial charge in [0.15, 0.2) is 17.5 Å². The van der Waals surface area contributed by atoms with Crippen LogP contribution in [-0.2, 0) is 0 Å². The van der Waals surface area contributed by atoms with Crippen molar-refractivity contribution in [2.45, 2.75) is 52.0 Å². The third-order valence-corrected chi connectivity index (χ3v) is 2.76. The molecule has 1 atom stereocenters. The van der Waals surface area contributed by atoms with Crippen molar-refractivity contribution in [3.63, 3.8) is 0 Å². The Bertz CT molecular complexity index is 383. The fourth-order valence-corrected chi connectivity index (χ4v) is 1.73. The fraction of sp³-hybridized carbons (Fsp3) is 0.615. The molecule has 1 aromatic rings. The summed E-state index contributed by atoms with van der Waals surface area (Å²) in [6.45, 7) is 4.00. The lowest BCUT2D eigenvalue weighted by Gasteiger charge is -2.14. The van der Waals surface area contributed by atoms with Crippen LogP contribution in [0.5, 0.6) is 0 Å². The first-order valence-electron chi connectivity index (χ1n) is 6.32. The van der Waals surface area contributed by atoms with Gasteiger partial charge in [0.05, 0.1) is 0 Å².